The number of unbranched alkanes of at least 4 members (excludes halogenated alkanes) is 2. The zero-order chi connectivity index (χ0) is 7.94. The minimum atomic E-state index is 0.671. The third-order valence-corrected chi connectivity index (χ3v) is 1.56. The fourth-order valence-corrected chi connectivity index (χ4v) is 0.961. The molecule has 0 aliphatic heterocycles. The van der Waals surface area contributed by atoms with Gasteiger partial charge in [0.2, 0.25) is 0 Å². The second kappa shape index (κ2) is 4.66. The topological polar surface area (TPSA) is 45.8 Å². The zero-order valence-corrected chi connectivity index (χ0v) is 6.42. The standard InChI is InChI=1S/C8H12N2O/c11-5-3-1-2-4-8-6-9-7-10-8/h5-7H,1-4H2,(H,9,10). The van der Waals surface area contributed by atoms with Crippen LogP contribution < -0.4 is 0 Å². The second-order valence-electron chi connectivity index (χ2n) is 2.47. The van der Waals surface area contributed by atoms with E-state index in [9.17, 15) is 4.79 Å². The van der Waals surface area contributed by atoms with E-state index >= 15 is 0 Å². The summed E-state index contributed by atoms with van der Waals surface area (Å²) in [6.07, 6.45) is 8.18. The molecule has 0 spiro atoms. The van der Waals surface area contributed by atoms with Gasteiger partial charge in [-0.15, -0.1) is 0 Å². The molecule has 0 fully saturated rings. The number of carbonyl (C=O) groups excluding carboxylic acids is 1. The molecular weight excluding hydrogens is 140 g/mol. The summed E-state index contributed by atoms with van der Waals surface area (Å²) in [6, 6.07) is 0. The van der Waals surface area contributed by atoms with Crippen molar-refractivity contribution < 1.29 is 4.79 Å². The van der Waals surface area contributed by atoms with Gasteiger partial charge < -0.3 is 9.78 Å². The Morgan fingerprint density at radius 2 is 2.45 bits per heavy atom. The first kappa shape index (κ1) is 7.98. The SMILES string of the molecule is O=CCCCCc1c[nH]cn1. The van der Waals surface area contributed by atoms with E-state index in [0.29, 0.717) is 6.42 Å². The fourth-order valence-electron chi connectivity index (χ4n) is 0.961. The van der Waals surface area contributed by atoms with E-state index in [0.717, 1.165) is 31.2 Å². The lowest BCUT2D eigenvalue weighted by molar-refractivity contribution is -0.107. The number of carbonyl (C=O) groups is 1. The highest BCUT2D eigenvalue weighted by atomic mass is 16.1. The molecule has 1 rings (SSSR count). The first-order valence-corrected chi connectivity index (χ1v) is 3.85. The molecule has 3 heteroatoms. The minimum absolute atomic E-state index is 0.671. The van der Waals surface area contributed by atoms with Crippen LogP contribution in [0.25, 0.3) is 0 Å². The maximum atomic E-state index is 9.94. The Morgan fingerprint density at radius 3 is 3.09 bits per heavy atom. The molecule has 0 amide bonds. The van der Waals surface area contributed by atoms with Crippen molar-refractivity contribution in [2.24, 2.45) is 0 Å². The predicted octanol–water partition coefficient (Wildman–Crippen LogP) is 1.32. The van der Waals surface area contributed by atoms with Crippen LogP contribution in [-0.2, 0) is 11.2 Å². The van der Waals surface area contributed by atoms with Gasteiger partial charge in [0.1, 0.15) is 6.29 Å². The summed E-state index contributed by atoms with van der Waals surface area (Å²) >= 11 is 0. The highest BCUT2D eigenvalue weighted by molar-refractivity contribution is 5.48. The number of nitrogens with one attached hydrogen (secondary N) is 1. The van der Waals surface area contributed by atoms with Gasteiger partial charge in [-0.05, 0) is 19.3 Å². The minimum Gasteiger partial charge on any atom is -0.351 e. The van der Waals surface area contributed by atoms with Gasteiger partial charge in [-0.1, -0.05) is 0 Å². The molecule has 11 heavy (non-hydrogen) atoms. The van der Waals surface area contributed by atoms with E-state index in [1.807, 2.05) is 6.20 Å². The number of aldehydes is 1. The van der Waals surface area contributed by atoms with Crippen molar-refractivity contribution in [2.75, 3.05) is 0 Å². The summed E-state index contributed by atoms with van der Waals surface area (Å²) in [5.74, 6) is 0. The highest BCUT2D eigenvalue weighted by Crippen LogP contribution is 2.00. The Labute approximate surface area is 65.8 Å². The third-order valence-electron chi connectivity index (χ3n) is 1.56. The van der Waals surface area contributed by atoms with Crippen molar-refractivity contribution in [1.29, 1.82) is 0 Å². The normalized spacial score (nSPS) is 9.82. The Balaban J connectivity index is 2.09. The maximum Gasteiger partial charge on any atom is 0.119 e. The summed E-state index contributed by atoms with van der Waals surface area (Å²) in [5, 5.41) is 0. The van der Waals surface area contributed by atoms with Crippen molar-refractivity contribution >= 4 is 6.29 Å². The van der Waals surface area contributed by atoms with Gasteiger partial charge >= 0.3 is 0 Å². The van der Waals surface area contributed by atoms with Crippen LogP contribution in [0.15, 0.2) is 12.5 Å². The molecule has 1 aromatic rings. The van der Waals surface area contributed by atoms with E-state index in [-0.39, 0.29) is 0 Å². The van der Waals surface area contributed by atoms with Crippen LogP contribution in [0.4, 0.5) is 0 Å². The zero-order valence-electron chi connectivity index (χ0n) is 6.42. The molecule has 0 bridgehead atoms. The van der Waals surface area contributed by atoms with E-state index in [1.165, 1.54) is 0 Å². The summed E-state index contributed by atoms with van der Waals surface area (Å²) in [5.41, 5.74) is 1.08. The Morgan fingerprint density at radius 1 is 1.55 bits per heavy atom. The number of imidazole rings is 1. The van der Waals surface area contributed by atoms with Crippen LogP contribution in [0.5, 0.6) is 0 Å². The van der Waals surface area contributed by atoms with Gasteiger partial charge in [0.15, 0.2) is 0 Å². The first-order valence-electron chi connectivity index (χ1n) is 3.85. The molecular formula is C8H12N2O. The number of H-pyrrole nitrogens is 1. The average Bonchev–Trinajstić information content (AvgIpc) is 2.50. The molecule has 60 valence electrons. The quantitative estimate of drug-likeness (QED) is 0.511. The number of nitrogens with zero attached hydrogens (tertiary/aromatic N) is 1. The number of aryl methyl sites for hydroxylation is 1. The predicted molar refractivity (Wildman–Crippen MR) is 42.2 cm³/mol. The molecule has 0 aliphatic carbocycles. The molecule has 0 atom stereocenters. The van der Waals surface area contributed by atoms with Crippen LogP contribution in [0.2, 0.25) is 0 Å². The van der Waals surface area contributed by atoms with Gasteiger partial charge in [0.05, 0.1) is 12.0 Å². The molecule has 1 N–H and O–H groups in total. The summed E-state index contributed by atoms with van der Waals surface area (Å²) in [4.78, 5) is 16.9. The maximum absolute atomic E-state index is 9.94. The van der Waals surface area contributed by atoms with E-state index in [4.69, 9.17) is 0 Å². The first-order chi connectivity index (χ1) is 5.43. The molecule has 0 radical (unpaired) electrons. The summed E-state index contributed by atoms with van der Waals surface area (Å²) in [6.45, 7) is 0. The number of aromatic amines is 1. The molecule has 1 aromatic heterocycles. The Kier molecular flexibility index (Phi) is 3.38. The number of hydrogen-bond donors (Lipinski definition) is 1. The van der Waals surface area contributed by atoms with Crippen molar-refractivity contribution in [3.8, 4) is 0 Å². The second-order valence-corrected chi connectivity index (χ2v) is 2.47. The molecule has 0 aromatic carbocycles. The van der Waals surface area contributed by atoms with Crippen molar-refractivity contribution in [2.45, 2.75) is 25.7 Å². The van der Waals surface area contributed by atoms with Crippen molar-refractivity contribution in [1.82, 2.24) is 9.97 Å². The lowest BCUT2D eigenvalue weighted by Gasteiger charge is -1.92. The monoisotopic (exact) mass is 152 g/mol. The van der Waals surface area contributed by atoms with Crippen molar-refractivity contribution in [3.05, 3.63) is 18.2 Å². The van der Waals surface area contributed by atoms with Crippen LogP contribution in [0.3, 0.4) is 0 Å². The van der Waals surface area contributed by atoms with Crippen molar-refractivity contribution in [3.63, 3.8) is 0 Å². The number of rotatable bonds is 5. The van der Waals surface area contributed by atoms with Crippen LogP contribution >= 0.6 is 0 Å². The lowest BCUT2D eigenvalue weighted by Crippen LogP contribution is -1.85. The van der Waals surface area contributed by atoms with Gasteiger partial charge in [-0.2, -0.15) is 0 Å². The number of aromatic nitrogens is 2. The average molecular weight is 152 g/mol. The van der Waals surface area contributed by atoms with Gasteiger partial charge in [0.25, 0.3) is 0 Å². The van der Waals surface area contributed by atoms with Gasteiger partial charge in [0, 0.05) is 12.6 Å². The molecule has 0 unspecified atom stereocenters. The third kappa shape index (κ3) is 2.98. The molecule has 3 nitrogen and oxygen atoms in total. The summed E-state index contributed by atoms with van der Waals surface area (Å²) in [7, 11) is 0. The van der Waals surface area contributed by atoms with Crippen LogP contribution in [-0.4, -0.2) is 16.3 Å². The van der Waals surface area contributed by atoms with E-state index in [2.05, 4.69) is 9.97 Å². The summed E-state index contributed by atoms with van der Waals surface area (Å²) < 4.78 is 0. The van der Waals surface area contributed by atoms with E-state index in [1.54, 1.807) is 6.33 Å². The van der Waals surface area contributed by atoms with E-state index < -0.39 is 0 Å². The largest absolute Gasteiger partial charge is 0.351 e. The highest BCUT2D eigenvalue weighted by Gasteiger charge is 1.93. The Hall–Kier alpha value is -1.12. The molecule has 0 aliphatic rings. The molecule has 0 saturated heterocycles. The van der Waals surface area contributed by atoms with Gasteiger partial charge in [-0.3, -0.25) is 0 Å². The lowest BCUT2D eigenvalue weighted by atomic mass is 10.2. The number of hydrogen-bond acceptors (Lipinski definition) is 2. The van der Waals surface area contributed by atoms with Gasteiger partial charge in [-0.25, -0.2) is 4.98 Å². The van der Waals surface area contributed by atoms with Crippen LogP contribution in [0, 0.1) is 0 Å². The molecule has 0 saturated carbocycles. The smallest absolute Gasteiger partial charge is 0.119 e. The molecule has 1 heterocycles. The fraction of sp³-hybridized carbons (Fsp3) is 0.500. The Bertz CT molecular complexity index is 194. The van der Waals surface area contributed by atoms with Crippen LogP contribution in [0.1, 0.15) is 25.0 Å².